The Morgan fingerprint density at radius 3 is 2.56 bits per heavy atom. The molecule has 0 aliphatic carbocycles. The van der Waals surface area contributed by atoms with E-state index in [4.69, 9.17) is 10.8 Å². The van der Waals surface area contributed by atoms with Crippen molar-refractivity contribution in [2.45, 2.75) is 19.9 Å². The zero-order chi connectivity index (χ0) is 12.1. The van der Waals surface area contributed by atoms with Crippen molar-refractivity contribution >= 4 is 11.7 Å². The number of aliphatic carboxylic acids is 1. The van der Waals surface area contributed by atoms with Crippen LogP contribution in [-0.4, -0.2) is 30.2 Å². The normalized spacial score (nSPS) is 12.2. The molecule has 1 atom stereocenters. The highest BCUT2D eigenvalue weighted by atomic mass is 16.4. The molecule has 3 N–H and O–H groups in total. The number of hydrogen-bond acceptors (Lipinski definition) is 3. The van der Waals surface area contributed by atoms with Gasteiger partial charge in [-0.3, -0.25) is 0 Å². The van der Waals surface area contributed by atoms with Crippen molar-refractivity contribution < 1.29 is 9.90 Å². The van der Waals surface area contributed by atoms with Crippen molar-refractivity contribution in [2.24, 2.45) is 5.73 Å². The quantitative estimate of drug-likeness (QED) is 0.786. The molecule has 0 saturated carbocycles. The van der Waals surface area contributed by atoms with E-state index in [0.717, 1.165) is 11.3 Å². The van der Waals surface area contributed by atoms with Crippen molar-refractivity contribution in [3.63, 3.8) is 0 Å². The number of carbonyl (C=O) groups is 1. The Bertz CT molecular complexity index is 366. The number of rotatable bonds is 5. The average molecular weight is 222 g/mol. The number of benzene rings is 1. The molecule has 0 bridgehead atoms. The minimum Gasteiger partial charge on any atom is -0.480 e. The van der Waals surface area contributed by atoms with Gasteiger partial charge in [0.2, 0.25) is 0 Å². The number of likely N-dealkylation sites (N-methyl/N-ethyl adjacent to an activating group) is 1. The fourth-order valence-corrected chi connectivity index (χ4v) is 1.81. The molecule has 0 amide bonds. The lowest BCUT2D eigenvalue weighted by molar-refractivity contribution is -0.138. The van der Waals surface area contributed by atoms with E-state index < -0.39 is 12.0 Å². The molecule has 0 heterocycles. The second-order valence-corrected chi connectivity index (χ2v) is 3.66. The molecule has 1 aromatic rings. The van der Waals surface area contributed by atoms with E-state index in [0.29, 0.717) is 6.54 Å². The minimum atomic E-state index is -0.882. The van der Waals surface area contributed by atoms with Crippen molar-refractivity contribution in [3.05, 3.63) is 29.8 Å². The summed E-state index contributed by atoms with van der Waals surface area (Å²) in [4.78, 5) is 12.9. The highest BCUT2D eigenvalue weighted by Gasteiger charge is 2.23. The number of para-hydroxylation sites is 1. The highest BCUT2D eigenvalue weighted by molar-refractivity contribution is 5.79. The van der Waals surface area contributed by atoms with Gasteiger partial charge in [-0.2, -0.15) is 0 Å². The lowest BCUT2D eigenvalue weighted by Gasteiger charge is -2.30. The van der Waals surface area contributed by atoms with Gasteiger partial charge in [0.05, 0.1) is 0 Å². The van der Waals surface area contributed by atoms with Crippen molar-refractivity contribution in [1.82, 2.24) is 0 Å². The first-order chi connectivity index (χ1) is 7.61. The van der Waals surface area contributed by atoms with Crippen LogP contribution in [-0.2, 0) is 4.79 Å². The van der Waals surface area contributed by atoms with E-state index in [1.54, 1.807) is 0 Å². The molecular formula is C12H18N2O2. The van der Waals surface area contributed by atoms with Crippen LogP contribution in [0.5, 0.6) is 0 Å². The highest BCUT2D eigenvalue weighted by Crippen LogP contribution is 2.21. The van der Waals surface area contributed by atoms with Gasteiger partial charge in [0, 0.05) is 18.8 Å². The van der Waals surface area contributed by atoms with E-state index in [-0.39, 0.29) is 6.54 Å². The number of carboxylic acids is 1. The van der Waals surface area contributed by atoms with Crippen LogP contribution in [0, 0.1) is 6.92 Å². The lowest BCUT2D eigenvalue weighted by atomic mass is 10.1. The molecule has 4 heteroatoms. The molecule has 88 valence electrons. The Morgan fingerprint density at radius 2 is 2.12 bits per heavy atom. The van der Waals surface area contributed by atoms with E-state index in [9.17, 15) is 4.79 Å². The van der Waals surface area contributed by atoms with Gasteiger partial charge in [-0.05, 0) is 25.5 Å². The third-order valence-corrected chi connectivity index (χ3v) is 2.65. The number of carboxylic acid groups (broad SMARTS) is 1. The van der Waals surface area contributed by atoms with Gasteiger partial charge in [-0.15, -0.1) is 0 Å². The Kier molecular flexibility index (Phi) is 4.31. The van der Waals surface area contributed by atoms with Gasteiger partial charge in [0.1, 0.15) is 6.04 Å². The molecule has 1 unspecified atom stereocenters. The van der Waals surface area contributed by atoms with E-state index in [1.807, 2.05) is 43.0 Å². The van der Waals surface area contributed by atoms with Crippen LogP contribution >= 0.6 is 0 Å². The molecule has 0 aliphatic rings. The number of anilines is 1. The van der Waals surface area contributed by atoms with Crippen LogP contribution in [0.25, 0.3) is 0 Å². The van der Waals surface area contributed by atoms with E-state index in [1.165, 1.54) is 0 Å². The number of hydrogen-bond donors (Lipinski definition) is 2. The maximum atomic E-state index is 11.1. The average Bonchev–Trinajstić information content (AvgIpc) is 2.26. The fraction of sp³-hybridized carbons (Fsp3) is 0.417. The third-order valence-electron chi connectivity index (χ3n) is 2.65. The molecule has 16 heavy (non-hydrogen) atoms. The maximum absolute atomic E-state index is 11.1. The Hall–Kier alpha value is -1.55. The summed E-state index contributed by atoms with van der Waals surface area (Å²) in [6.07, 6.45) is 0. The predicted octanol–water partition coefficient (Wildman–Crippen LogP) is 1.23. The smallest absolute Gasteiger partial charge is 0.327 e. The lowest BCUT2D eigenvalue weighted by Crippen LogP contribution is -2.46. The standard InChI is InChI=1S/C12H18N2O2/c1-3-14(11(8-13)12(15)16)10-7-5-4-6-9(10)2/h4-7,11H,3,8,13H2,1-2H3,(H,15,16). The van der Waals surface area contributed by atoms with Crippen molar-refractivity contribution in [2.75, 3.05) is 18.0 Å². The predicted molar refractivity (Wildman–Crippen MR) is 64.7 cm³/mol. The molecule has 0 aromatic heterocycles. The number of nitrogens with zero attached hydrogens (tertiary/aromatic N) is 1. The summed E-state index contributed by atoms with van der Waals surface area (Å²) >= 11 is 0. The Balaban J connectivity index is 3.06. The van der Waals surface area contributed by atoms with E-state index >= 15 is 0 Å². The molecule has 1 rings (SSSR count). The summed E-state index contributed by atoms with van der Waals surface area (Å²) in [5.41, 5.74) is 7.51. The summed E-state index contributed by atoms with van der Waals surface area (Å²) < 4.78 is 0. The zero-order valence-corrected chi connectivity index (χ0v) is 9.68. The minimum absolute atomic E-state index is 0.109. The third kappa shape index (κ3) is 2.52. The summed E-state index contributed by atoms with van der Waals surface area (Å²) in [5, 5.41) is 9.11. The van der Waals surface area contributed by atoms with Gasteiger partial charge in [0.25, 0.3) is 0 Å². The number of aryl methyl sites for hydroxylation is 1. The van der Waals surface area contributed by atoms with Crippen LogP contribution < -0.4 is 10.6 Å². The molecule has 1 aromatic carbocycles. The Morgan fingerprint density at radius 1 is 1.50 bits per heavy atom. The first-order valence-corrected chi connectivity index (χ1v) is 5.37. The van der Waals surface area contributed by atoms with Gasteiger partial charge < -0.3 is 15.7 Å². The van der Waals surface area contributed by atoms with Gasteiger partial charge in [-0.1, -0.05) is 18.2 Å². The first kappa shape index (κ1) is 12.5. The maximum Gasteiger partial charge on any atom is 0.327 e. The van der Waals surface area contributed by atoms with Gasteiger partial charge in [-0.25, -0.2) is 4.79 Å². The van der Waals surface area contributed by atoms with Crippen LogP contribution in [0.2, 0.25) is 0 Å². The monoisotopic (exact) mass is 222 g/mol. The summed E-state index contributed by atoms with van der Waals surface area (Å²) in [7, 11) is 0. The van der Waals surface area contributed by atoms with Crippen molar-refractivity contribution in [3.8, 4) is 0 Å². The largest absolute Gasteiger partial charge is 0.480 e. The molecule has 0 saturated heterocycles. The second-order valence-electron chi connectivity index (χ2n) is 3.66. The number of nitrogens with two attached hydrogens (primary N) is 1. The fourth-order valence-electron chi connectivity index (χ4n) is 1.81. The summed E-state index contributed by atoms with van der Waals surface area (Å²) in [5.74, 6) is -0.882. The Labute approximate surface area is 95.7 Å². The van der Waals surface area contributed by atoms with Crippen molar-refractivity contribution in [1.29, 1.82) is 0 Å². The van der Waals surface area contributed by atoms with Crippen LogP contribution in [0.4, 0.5) is 5.69 Å². The van der Waals surface area contributed by atoms with Gasteiger partial charge >= 0.3 is 5.97 Å². The summed E-state index contributed by atoms with van der Waals surface area (Å²) in [6.45, 7) is 4.63. The molecular weight excluding hydrogens is 204 g/mol. The zero-order valence-electron chi connectivity index (χ0n) is 9.68. The molecule has 4 nitrogen and oxygen atoms in total. The second kappa shape index (κ2) is 5.51. The molecule has 0 aliphatic heterocycles. The SMILES string of the molecule is CCN(c1ccccc1C)C(CN)C(=O)O. The van der Waals surface area contributed by atoms with Crippen LogP contribution in [0.15, 0.2) is 24.3 Å². The topological polar surface area (TPSA) is 66.6 Å². The van der Waals surface area contributed by atoms with Gasteiger partial charge in [0.15, 0.2) is 0 Å². The summed E-state index contributed by atoms with van der Waals surface area (Å²) in [6, 6.07) is 7.06. The molecule has 0 radical (unpaired) electrons. The van der Waals surface area contributed by atoms with Crippen LogP contribution in [0.1, 0.15) is 12.5 Å². The molecule has 0 spiro atoms. The van der Waals surface area contributed by atoms with Crippen LogP contribution in [0.3, 0.4) is 0 Å². The van der Waals surface area contributed by atoms with E-state index in [2.05, 4.69) is 0 Å². The molecule has 0 fully saturated rings. The first-order valence-electron chi connectivity index (χ1n) is 5.37.